The van der Waals surface area contributed by atoms with Crippen molar-refractivity contribution >= 4 is 28.4 Å². The zero-order valence-corrected chi connectivity index (χ0v) is 10.7. The van der Waals surface area contributed by atoms with Gasteiger partial charge in [-0.1, -0.05) is 13.0 Å². The Labute approximate surface area is 105 Å². The molecule has 3 N–H and O–H groups in total. The number of aromatic nitrogens is 1. The lowest BCUT2D eigenvalue weighted by Crippen LogP contribution is -2.14. The fourth-order valence-corrected chi connectivity index (χ4v) is 2.61. The second kappa shape index (κ2) is 4.94. The number of benzene rings is 1. The van der Waals surface area contributed by atoms with Crippen LogP contribution in [-0.2, 0) is 0 Å². The van der Waals surface area contributed by atoms with Crippen LogP contribution in [-0.4, -0.2) is 21.4 Å². The molecule has 90 valence electrons. The first-order chi connectivity index (χ1) is 8.09. The number of fused-ring (bicyclic) bond motifs is 1. The van der Waals surface area contributed by atoms with Crippen molar-refractivity contribution in [2.24, 2.45) is 0 Å². The number of hydrogen-bond donors (Lipinski definition) is 2. The molecule has 2 unspecified atom stereocenters. The summed E-state index contributed by atoms with van der Waals surface area (Å²) in [4.78, 5) is 5.40. The molecule has 3 nitrogen and oxygen atoms in total. The first kappa shape index (κ1) is 12.2. The van der Waals surface area contributed by atoms with Gasteiger partial charge in [-0.15, -0.1) is 11.8 Å². The summed E-state index contributed by atoms with van der Waals surface area (Å²) >= 11 is 1.64. The summed E-state index contributed by atoms with van der Waals surface area (Å²) in [5.41, 5.74) is 7.41. The maximum atomic E-state index is 9.55. The van der Waals surface area contributed by atoms with Crippen LogP contribution in [0.15, 0.2) is 35.4 Å². The standard InChI is InChI=1S/C13H16N2OS/c1-8(16)9(2)17-12-6-5-11(14)13-10(12)4-3-7-15-13/h3-9,16H,14H2,1-2H3. The molecule has 1 aromatic carbocycles. The highest BCUT2D eigenvalue weighted by molar-refractivity contribution is 8.00. The third kappa shape index (κ3) is 2.53. The van der Waals surface area contributed by atoms with Gasteiger partial charge in [0.1, 0.15) is 0 Å². The molecule has 0 radical (unpaired) electrons. The van der Waals surface area contributed by atoms with Gasteiger partial charge in [0.2, 0.25) is 0 Å². The minimum Gasteiger partial charge on any atom is -0.397 e. The van der Waals surface area contributed by atoms with Crippen LogP contribution in [0.1, 0.15) is 13.8 Å². The van der Waals surface area contributed by atoms with Crippen molar-refractivity contribution in [1.82, 2.24) is 4.98 Å². The summed E-state index contributed by atoms with van der Waals surface area (Å²) in [6.07, 6.45) is 1.40. The Morgan fingerprint density at radius 1 is 1.29 bits per heavy atom. The quantitative estimate of drug-likeness (QED) is 0.647. The predicted octanol–water partition coefficient (Wildman–Crippen LogP) is 2.68. The van der Waals surface area contributed by atoms with Gasteiger partial charge in [-0.2, -0.15) is 0 Å². The van der Waals surface area contributed by atoms with Gasteiger partial charge in [0.25, 0.3) is 0 Å². The highest BCUT2D eigenvalue weighted by Crippen LogP contribution is 2.33. The van der Waals surface area contributed by atoms with E-state index < -0.39 is 0 Å². The molecule has 2 rings (SSSR count). The molecule has 1 heterocycles. The maximum absolute atomic E-state index is 9.55. The van der Waals surface area contributed by atoms with Crippen LogP contribution in [0.4, 0.5) is 5.69 Å². The van der Waals surface area contributed by atoms with Gasteiger partial charge in [-0.05, 0) is 25.1 Å². The molecule has 4 heteroatoms. The number of anilines is 1. The number of nitrogens with two attached hydrogens (primary N) is 1. The molecule has 0 aliphatic rings. The molecule has 2 aromatic rings. The van der Waals surface area contributed by atoms with Crippen LogP contribution in [0.25, 0.3) is 10.9 Å². The van der Waals surface area contributed by atoms with Crippen molar-refractivity contribution < 1.29 is 5.11 Å². The summed E-state index contributed by atoms with van der Waals surface area (Å²) in [5.74, 6) is 0. The summed E-state index contributed by atoms with van der Waals surface area (Å²) in [6.45, 7) is 3.81. The van der Waals surface area contributed by atoms with E-state index in [0.717, 1.165) is 15.8 Å². The van der Waals surface area contributed by atoms with Gasteiger partial charge in [-0.3, -0.25) is 4.98 Å². The van der Waals surface area contributed by atoms with Crippen molar-refractivity contribution in [2.75, 3.05) is 5.73 Å². The number of hydrogen-bond acceptors (Lipinski definition) is 4. The lowest BCUT2D eigenvalue weighted by molar-refractivity contribution is 0.196. The Kier molecular flexibility index (Phi) is 3.54. The average Bonchev–Trinajstić information content (AvgIpc) is 2.33. The smallest absolute Gasteiger partial charge is 0.0942 e. The Hall–Kier alpha value is -1.26. The number of rotatable bonds is 3. The number of aliphatic hydroxyl groups is 1. The van der Waals surface area contributed by atoms with Crippen LogP contribution in [0.5, 0.6) is 0 Å². The molecular weight excluding hydrogens is 232 g/mol. The number of nitrogens with zero attached hydrogens (tertiary/aromatic N) is 1. The SMILES string of the molecule is CC(O)C(C)Sc1ccc(N)c2ncccc12. The number of nitrogen functional groups attached to an aromatic ring is 1. The molecule has 0 amide bonds. The molecule has 0 saturated heterocycles. The van der Waals surface area contributed by atoms with Gasteiger partial charge in [-0.25, -0.2) is 0 Å². The van der Waals surface area contributed by atoms with Gasteiger partial charge in [0, 0.05) is 21.7 Å². The van der Waals surface area contributed by atoms with E-state index in [2.05, 4.69) is 4.98 Å². The summed E-state index contributed by atoms with van der Waals surface area (Å²) in [6, 6.07) is 7.77. The van der Waals surface area contributed by atoms with E-state index in [0.29, 0.717) is 5.69 Å². The van der Waals surface area contributed by atoms with E-state index >= 15 is 0 Å². The van der Waals surface area contributed by atoms with Crippen LogP contribution < -0.4 is 5.73 Å². The minimum absolute atomic E-state index is 0.141. The molecule has 1 aromatic heterocycles. The lowest BCUT2D eigenvalue weighted by Gasteiger charge is -2.15. The highest BCUT2D eigenvalue weighted by Gasteiger charge is 2.13. The summed E-state index contributed by atoms with van der Waals surface area (Å²) in [5, 5.41) is 10.7. The topological polar surface area (TPSA) is 59.1 Å². The third-order valence-electron chi connectivity index (χ3n) is 2.75. The van der Waals surface area contributed by atoms with Crippen LogP contribution >= 0.6 is 11.8 Å². The van der Waals surface area contributed by atoms with Gasteiger partial charge in [0.15, 0.2) is 0 Å². The second-order valence-corrected chi connectivity index (χ2v) is 5.54. The Morgan fingerprint density at radius 3 is 2.76 bits per heavy atom. The molecule has 0 fully saturated rings. The van der Waals surface area contributed by atoms with Crippen molar-refractivity contribution in [1.29, 1.82) is 0 Å². The van der Waals surface area contributed by atoms with Crippen molar-refractivity contribution in [3.8, 4) is 0 Å². The molecule has 2 atom stereocenters. The first-order valence-corrected chi connectivity index (χ1v) is 6.45. The van der Waals surface area contributed by atoms with E-state index in [-0.39, 0.29) is 11.4 Å². The van der Waals surface area contributed by atoms with E-state index in [1.54, 1.807) is 24.9 Å². The maximum Gasteiger partial charge on any atom is 0.0942 e. The van der Waals surface area contributed by atoms with E-state index in [4.69, 9.17) is 5.73 Å². The second-order valence-electron chi connectivity index (χ2n) is 4.12. The largest absolute Gasteiger partial charge is 0.397 e. The van der Waals surface area contributed by atoms with Gasteiger partial charge in [0.05, 0.1) is 17.3 Å². The fraction of sp³-hybridized carbons (Fsp3) is 0.308. The van der Waals surface area contributed by atoms with Crippen molar-refractivity contribution in [2.45, 2.75) is 30.1 Å². The van der Waals surface area contributed by atoms with Crippen LogP contribution in [0.2, 0.25) is 0 Å². The highest BCUT2D eigenvalue weighted by atomic mass is 32.2. The van der Waals surface area contributed by atoms with Crippen LogP contribution in [0.3, 0.4) is 0 Å². The van der Waals surface area contributed by atoms with Crippen molar-refractivity contribution in [3.63, 3.8) is 0 Å². The van der Waals surface area contributed by atoms with E-state index in [1.165, 1.54) is 0 Å². The van der Waals surface area contributed by atoms with Crippen molar-refractivity contribution in [3.05, 3.63) is 30.5 Å². The molecule has 0 saturated carbocycles. The molecule has 0 aliphatic carbocycles. The van der Waals surface area contributed by atoms with Gasteiger partial charge < -0.3 is 10.8 Å². The predicted molar refractivity (Wildman–Crippen MR) is 73.2 cm³/mol. The zero-order chi connectivity index (χ0) is 12.4. The lowest BCUT2D eigenvalue weighted by atomic mass is 10.2. The Bertz CT molecular complexity index is 528. The third-order valence-corrected chi connectivity index (χ3v) is 4.13. The van der Waals surface area contributed by atoms with Crippen LogP contribution in [0, 0.1) is 0 Å². The molecule has 0 bridgehead atoms. The number of aliphatic hydroxyl groups excluding tert-OH is 1. The number of thioether (sulfide) groups is 1. The summed E-state index contributed by atoms with van der Waals surface area (Å²) in [7, 11) is 0. The normalized spacial score (nSPS) is 14.8. The zero-order valence-electron chi connectivity index (χ0n) is 9.92. The number of pyridine rings is 1. The Balaban J connectivity index is 2.45. The fourth-order valence-electron chi connectivity index (χ4n) is 1.57. The van der Waals surface area contributed by atoms with Gasteiger partial charge >= 0.3 is 0 Å². The molecule has 0 spiro atoms. The van der Waals surface area contributed by atoms with E-state index in [1.807, 2.05) is 31.2 Å². The van der Waals surface area contributed by atoms with E-state index in [9.17, 15) is 5.11 Å². The monoisotopic (exact) mass is 248 g/mol. The average molecular weight is 248 g/mol. The minimum atomic E-state index is -0.343. The molecular formula is C13H16N2OS. The first-order valence-electron chi connectivity index (χ1n) is 5.57. The Morgan fingerprint density at radius 2 is 2.06 bits per heavy atom. The molecule has 0 aliphatic heterocycles. The molecule has 17 heavy (non-hydrogen) atoms. The summed E-state index contributed by atoms with van der Waals surface area (Å²) < 4.78 is 0.